The van der Waals surface area contributed by atoms with Crippen molar-refractivity contribution in [3.05, 3.63) is 23.8 Å². The molecular formula is C9H12O4. The predicted molar refractivity (Wildman–Crippen MR) is 46.4 cm³/mol. The average molecular weight is 184 g/mol. The molecule has 72 valence electrons. The van der Waals surface area contributed by atoms with Crippen molar-refractivity contribution in [1.82, 2.24) is 0 Å². The molecule has 0 saturated heterocycles. The molecule has 0 heterocycles. The molecule has 0 bridgehead atoms. The fourth-order valence-corrected chi connectivity index (χ4v) is 1.00. The van der Waals surface area contributed by atoms with Gasteiger partial charge in [-0.3, -0.25) is 0 Å². The van der Waals surface area contributed by atoms with Crippen LogP contribution >= 0.6 is 0 Å². The van der Waals surface area contributed by atoms with Gasteiger partial charge in [-0.15, -0.1) is 0 Å². The largest absolute Gasteiger partial charge is 0.504 e. The van der Waals surface area contributed by atoms with Crippen molar-refractivity contribution in [2.75, 3.05) is 0 Å². The Labute approximate surface area is 75.7 Å². The highest BCUT2D eigenvalue weighted by atomic mass is 16.3. The van der Waals surface area contributed by atoms with Crippen LogP contribution in [0.5, 0.6) is 11.5 Å². The second-order valence-corrected chi connectivity index (χ2v) is 2.93. The van der Waals surface area contributed by atoms with E-state index in [0.29, 0.717) is 5.56 Å². The Hall–Kier alpha value is -1.26. The summed E-state index contributed by atoms with van der Waals surface area (Å²) in [5, 5.41) is 36.5. The van der Waals surface area contributed by atoms with E-state index in [1.165, 1.54) is 25.1 Å². The average Bonchev–Trinajstić information content (AvgIpc) is 2.08. The molecule has 0 aromatic heterocycles. The summed E-state index contributed by atoms with van der Waals surface area (Å²) in [6.45, 7) is 1.44. The van der Waals surface area contributed by atoms with Gasteiger partial charge in [-0.1, -0.05) is 6.07 Å². The normalized spacial score (nSPS) is 15.3. The van der Waals surface area contributed by atoms with Crippen molar-refractivity contribution >= 4 is 0 Å². The highest BCUT2D eigenvalue weighted by Crippen LogP contribution is 2.28. The molecule has 1 aromatic carbocycles. The Morgan fingerprint density at radius 3 is 2.15 bits per heavy atom. The van der Waals surface area contributed by atoms with Gasteiger partial charge in [-0.05, 0) is 24.6 Å². The van der Waals surface area contributed by atoms with Gasteiger partial charge in [0.05, 0.1) is 6.10 Å². The molecule has 4 N–H and O–H groups in total. The summed E-state index contributed by atoms with van der Waals surface area (Å²) in [7, 11) is 0. The molecule has 0 spiro atoms. The van der Waals surface area contributed by atoms with Gasteiger partial charge in [-0.25, -0.2) is 0 Å². The van der Waals surface area contributed by atoms with Crippen molar-refractivity contribution in [3.8, 4) is 11.5 Å². The maximum atomic E-state index is 9.37. The Morgan fingerprint density at radius 1 is 1.08 bits per heavy atom. The van der Waals surface area contributed by atoms with E-state index in [9.17, 15) is 5.11 Å². The van der Waals surface area contributed by atoms with Crippen LogP contribution in [0.15, 0.2) is 18.2 Å². The lowest BCUT2D eigenvalue weighted by Crippen LogP contribution is -2.13. The van der Waals surface area contributed by atoms with Crippen molar-refractivity contribution in [1.29, 1.82) is 0 Å². The third-order valence-electron chi connectivity index (χ3n) is 1.80. The minimum absolute atomic E-state index is 0.249. The van der Waals surface area contributed by atoms with E-state index in [2.05, 4.69) is 0 Å². The summed E-state index contributed by atoms with van der Waals surface area (Å²) in [5.41, 5.74) is 0.366. The Morgan fingerprint density at radius 2 is 1.69 bits per heavy atom. The highest BCUT2D eigenvalue weighted by Gasteiger charge is 2.14. The molecule has 0 radical (unpaired) electrons. The number of rotatable bonds is 2. The van der Waals surface area contributed by atoms with Crippen molar-refractivity contribution in [2.24, 2.45) is 0 Å². The maximum Gasteiger partial charge on any atom is 0.157 e. The second-order valence-electron chi connectivity index (χ2n) is 2.93. The highest BCUT2D eigenvalue weighted by molar-refractivity contribution is 5.41. The summed E-state index contributed by atoms with van der Waals surface area (Å²) in [6.07, 6.45) is -1.96. The lowest BCUT2D eigenvalue weighted by molar-refractivity contribution is 0.0304. The first-order valence-corrected chi connectivity index (χ1v) is 3.90. The summed E-state index contributed by atoms with van der Waals surface area (Å²) < 4.78 is 0. The molecule has 0 aliphatic carbocycles. The van der Waals surface area contributed by atoms with Gasteiger partial charge in [0.25, 0.3) is 0 Å². The van der Waals surface area contributed by atoms with Gasteiger partial charge in [0.1, 0.15) is 6.10 Å². The standard InChI is InChI=1S/C9H12O4/c1-5(10)9(13)6-2-3-7(11)8(12)4-6/h2-5,9-13H,1H3. The Bertz CT molecular complexity index is 296. The molecule has 2 atom stereocenters. The fourth-order valence-electron chi connectivity index (χ4n) is 1.00. The first-order valence-electron chi connectivity index (χ1n) is 3.90. The molecule has 4 nitrogen and oxygen atoms in total. The van der Waals surface area contributed by atoms with Crippen molar-refractivity contribution < 1.29 is 20.4 Å². The number of aliphatic hydroxyl groups is 2. The van der Waals surface area contributed by atoms with E-state index in [4.69, 9.17) is 15.3 Å². The molecule has 4 heteroatoms. The van der Waals surface area contributed by atoms with Crippen LogP contribution in [0.25, 0.3) is 0 Å². The van der Waals surface area contributed by atoms with Crippen LogP contribution < -0.4 is 0 Å². The molecule has 1 aromatic rings. The number of phenols is 2. The van der Waals surface area contributed by atoms with E-state index in [1.54, 1.807) is 0 Å². The minimum Gasteiger partial charge on any atom is -0.504 e. The number of hydrogen-bond acceptors (Lipinski definition) is 4. The van der Waals surface area contributed by atoms with Crippen molar-refractivity contribution in [2.45, 2.75) is 19.1 Å². The zero-order chi connectivity index (χ0) is 10.0. The van der Waals surface area contributed by atoms with E-state index < -0.39 is 12.2 Å². The molecular weight excluding hydrogens is 172 g/mol. The Kier molecular flexibility index (Phi) is 2.75. The minimum atomic E-state index is -1.05. The van der Waals surface area contributed by atoms with Gasteiger partial charge in [0.2, 0.25) is 0 Å². The van der Waals surface area contributed by atoms with Crippen LogP contribution in [0, 0.1) is 0 Å². The zero-order valence-electron chi connectivity index (χ0n) is 7.18. The number of aromatic hydroxyl groups is 2. The molecule has 13 heavy (non-hydrogen) atoms. The van der Waals surface area contributed by atoms with Crippen LogP contribution in [-0.2, 0) is 0 Å². The van der Waals surface area contributed by atoms with Crippen LogP contribution in [-0.4, -0.2) is 26.5 Å². The van der Waals surface area contributed by atoms with Gasteiger partial charge in [0.15, 0.2) is 11.5 Å². The van der Waals surface area contributed by atoms with Gasteiger partial charge >= 0.3 is 0 Å². The SMILES string of the molecule is CC(O)C(O)c1ccc(O)c(O)c1. The molecule has 2 unspecified atom stereocenters. The van der Waals surface area contributed by atoms with Crippen LogP contribution in [0.4, 0.5) is 0 Å². The third-order valence-corrected chi connectivity index (χ3v) is 1.80. The first-order chi connectivity index (χ1) is 6.02. The monoisotopic (exact) mass is 184 g/mol. The first kappa shape index (κ1) is 9.83. The van der Waals surface area contributed by atoms with Crippen LogP contribution in [0.1, 0.15) is 18.6 Å². The van der Waals surface area contributed by atoms with Gasteiger partial charge in [0, 0.05) is 0 Å². The second kappa shape index (κ2) is 3.64. The third kappa shape index (κ3) is 2.11. The molecule has 0 fully saturated rings. The molecule has 0 saturated carbocycles. The summed E-state index contributed by atoms with van der Waals surface area (Å²) in [4.78, 5) is 0. The van der Waals surface area contributed by atoms with Crippen LogP contribution in [0.2, 0.25) is 0 Å². The summed E-state index contributed by atoms with van der Waals surface area (Å²) in [5.74, 6) is -0.557. The van der Waals surface area contributed by atoms with Gasteiger partial charge < -0.3 is 20.4 Å². The lowest BCUT2D eigenvalue weighted by Gasteiger charge is -2.14. The smallest absolute Gasteiger partial charge is 0.157 e. The maximum absolute atomic E-state index is 9.37. The number of phenolic OH excluding ortho intramolecular Hbond substituents is 2. The molecule has 0 amide bonds. The van der Waals surface area contributed by atoms with E-state index >= 15 is 0 Å². The van der Waals surface area contributed by atoms with E-state index in [1.807, 2.05) is 0 Å². The molecule has 0 aliphatic heterocycles. The molecule has 1 rings (SSSR count). The number of aliphatic hydroxyl groups excluding tert-OH is 2. The quantitative estimate of drug-likeness (QED) is 0.505. The predicted octanol–water partition coefficient (Wildman–Crippen LogP) is 0.512. The van der Waals surface area contributed by atoms with Gasteiger partial charge in [-0.2, -0.15) is 0 Å². The summed E-state index contributed by atoms with van der Waals surface area (Å²) >= 11 is 0. The number of hydrogen-bond donors (Lipinski definition) is 4. The summed E-state index contributed by atoms with van der Waals surface area (Å²) in [6, 6.07) is 3.91. The lowest BCUT2D eigenvalue weighted by atomic mass is 10.1. The van der Waals surface area contributed by atoms with E-state index in [0.717, 1.165) is 0 Å². The topological polar surface area (TPSA) is 80.9 Å². The van der Waals surface area contributed by atoms with E-state index in [-0.39, 0.29) is 11.5 Å². The Balaban J connectivity index is 2.97. The fraction of sp³-hybridized carbons (Fsp3) is 0.333. The number of benzene rings is 1. The molecule has 0 aliphatic rings. The van der Waals surface area contributed by atoms with Crippen molar-refractivity contribution in [3.63, 3.8) is 0 Å². The zero-order valence-corrected chi connectivity index (χ0v) is 7.18. The van der Waals surface area contributed by atoms with Crippen LogP contribution in [0.3, 0.4) is 0 Å².